The van der Waals surface area contributed by atoms with Crippen LogP contribution in [0, 0.1) is 0 Å². The molecule has 2 fully saturated rings. The summed E-state index contributed by atoms with van der Waals surface area (Å²) in [5, 5.41) is 11.5. The molecule has 1 atom stereocenters. The fourth-order valence-electron chi connectivity index (χ4n) is 5.42. The summed E-state index contributed by atoms with van der Waals surface area (Å²) in [6.45, 7) is 1.86. The lowest BCUT2D eigenvalue weighted by atomic mass is 10.0. The highest BCUT2D eigenvalue weighted by atomic mass is 35.5. The topological polar surface area (TPSA) is 81.3 Å². The lowest BCUT2D eigenvalue weighted by Crippen LogP contribution is -2.45. The Morgan fingerprint density at radius 2 is 2.03 bits per heavy atom. The molecule has 4 aliphatic rings. The van der Waals surface area contributed by atoms with Gasteiger partial charge in [0.1, 0.15) is 6.04 Å². The van der Waals surface area contributed by atoms with Gasteiger partial charge in [0, 0.05) is 60.0 Å². The van der Waals surface area contributed by atoms with Crippen molar-refractivity contribution in [1.82, 2.24) is 20.0 Å². The van der Waals surface area contributed by atoms with Gasteiger partial charge in [0.05, 0.1) is 0 Å². The molecule has 2 N–H and O–H groups in total. The SMILES string of the molecule is O=C(C1Cc2c(Cl)cccc2N1)N1CCc2[nH]nc(C(=O)N3CCCC34CC4)c2C1. The molecule has 0 bridgehead atoms. The number of rotatable bonds is 2. The van der Waals surface area contributed by atoms with Crippen LogP contribution < -0.4 is 5.32 Å². The maximum absolute atomic E-state index is 13.3. The van der Waals surface area contributed by atoms with Gasteiger partial charge in [-0.25, -0.2) is 0 Å². The van der Waals surface area contributed by atoms with E-state index in [2.05, 4.69) is 15.5 Å². The van der Waals surface area contributed by atoms with E-state index in [4.69, 9.17) is 11.6 Å². The highest BCUT2D eigenvalue weighted by molar-refractivity contribution is 6.32. The molecule has 6 rings (SSSR count). The Hall–Kier alpha value is -2.54. The van der Waals surface area contributed by atoms with Gasteiger partial charge in [-0.3, -0.25) is 14.7 Å². The molecule has 8 heteroatoms. The smallest absolute Gasteiger partial charge is 0.275 e. The van der Waals surface area contributed by atoms with Gasteiger partial charge in [-0.1, -0.05) is 17.7 Å². The highest BCUT2D eigenvalue weighted by Gasteiger charge is 2.53. The molecule has 7 nitrogen and oxygen atoms in total. The van der Waals surface area contributed by atoms with E-state index in [1.807, 2.05) is 28.0 Å². The molecular formula is C22H24ClN5O2. The predicted molar refractivity (Wildman–Crippen MR) is 113 cm³/mol. The zero-order valence-corrected chi connectivity index (χ0v) is 17.5. The predicted octanol–water partition coefficient (Wildman–Crippen LogP) is 2.75. The van der Waals surface area contributed by atoms with Crippen molar-refractivity contribution in [3.05, 3.63) is 45.7 Å². The van der Waals surface area contributed by atoms with Crippen LogP contribution in [0.25, 0.3) is 0 Å². The number of benzene rings is 1. The molecular weight excluding hydrogens is 402 g/mol. The molecule has 30 heavy (non-hydrogen) atoms. The standard InChI is InChI=1S/C22H24ClN5O2/c23-15-3-1-4-16-13(15)11-18(24-16)20(29)27-10-5-17-14(12-27)19(26-25-17)21(30)28-9-2-6-22(28)7-8-22/h1,3-4,18,24H,2,5-12H2,(H,25,26). The Morgan fingerprint density at radius 1 is 1.17 bits per heavy atom. The normalized spacial score (nSPS) is 23.3. The molecule has 1 aromatic heterocycles. The van der Waals surface area contributed by atoms with Crippen LogP contribution in [-0.2, 0) is 24.2 Å². The molecule has 2 amide bonds. The first-order chi connectivity index (χ1) is 14.6. The first kappa shape index (κ1) is 18.2. The van der Waals surface area contributed by atoms with E-state index in [9.17, 15) is 9.59 Å². The molecule has 2 aromatic rings. The van der Waals surface area contributed by atoms with Gasteiger partial charge in [0.2, 0.25) is 5.91 Å². The number of likely N-dealkylation sites (tertiary alicyclic amines) is 1. The zero-order chi connectivity index (χ0) is 20.5. The van der Waals surface area contributed by atoms with Gasteiger partial charge < -0.3 is 15.1 Å². The second-order valence-corrected chi connectivity index (χ2v) is 9.40. The number of nitrogens with zero attached hydrogens (tertiary/aromatic N) is 3. The number of aromatic amines is 1. The minimum atomic E-state index is -0.319. The minimum absolute atomic E-state index is 0.0231. The van der Waals surface area contributed by atoms with Crippen LogP contribution in [0.4, 0.5) is 5.69 Å². The van der Waals surface area contributed by atoms with Crippen LogP contribution in [0.2, 0.25) is 5.02 Å². The van der Waals surface area contributed by atoms with Crippen LogP contribution in [0.1, 0.15) is 53.0 Å². The van der Waals surface area contributed by atoms with Crippen LogP contribution in [-0.4, -0.2) is 56.5 Å². The summed E-state index contributed by atoms with van der Waals surface area (Å²) in [5.41, 5.74) is 4.39. The maximum Gasteiger partial charge on any atom is 0.275 e. The van der Waals surface area contributed by atoms with Gasteiger partial charge in [-0.2, -0.15) is 5.10 Å². The molecule has 4 heterocycles. The summed E-state index contributed by atoms with van der Waals surface area (Å²) in [7, 11) is 0. The van der Waals surface area contributed by atoms with Crippen molar-refractivity contribution >= 4 is 29.1 Å². The zero-order valence-electron chi connectivity index (χ0n) is 16.7. The number of halogens is 1. The van der Waals surface area contributed by atoms with E-state index in [0.29, 0.717) is 36.6 Å². The fraction of sp³-hybridized carbons (Fsp3) is 0.500. The highest BCUT2D eigenvalue weighted by Crippen LogP contribution is 2.50. The monoisotopic (exact) mass is 425 g/mol. The number of carbonyl (C=O) groups excluding carboxylic acids is 2. The van der Waals surface area contributed by atoms with Gasteiger partial charge in [0.15, 0.2) is 5.69 Å². The second kappa shape index (κ2) is 6.48. The fourth-order valence-corrected chi connectivity index (χ4v) is 5.67. The summed E-state index contributed by atoms with van der Waals surface area (Å²) < 4.78 is 0. The third-order valence-electron chi connectivity index (χ3n) is 7.27. The van der Waals surface area contributed by atoms with Crippen molar-refractivity contribution in [3.63, 3.8) is 0 Å². The number of fused-ring (bicyclic) bond motifs is 2. The van der Waals surface area contributed by atoms with Crippen LogP contribution >= 0.6 is 11.6 Å². The third-order valence-corrected chi connectivity index (χ3v) is 7.63. The molecule has 1 saturated heterocycles. The lowest BCUT2D eigenvalue weighted by Gasteiger charge is -2.30. The Kier molecular flexibility index (Phi) is 3.94. The van der Waals surface area contributed by atoms with Gasteiger partial charge >= 0.3 is 0 Å². The number of anilines is 1. The molecule has 1 spiro atoms. The number of aromatic nitrogens is 2. The summed E-state index contributed by atoms with van der Waals surface area (Å²) >= 11 is 6.30. The van der Waals surface area contributed by atoms with Crippen molar-refractivity contribution < 1.29 is 9.59 Å². The number of nitrogens with one attached hydrogen (secondary N) is 2. The maximum atomic E-state index is 13.3. The Balaban J connectivity index is 1.21. The number of amides is 2. The van der Waals surface area contributed by atoms with E-state index in [-0.39, 0.29) is 23.4 Å². The molecule has 156 valence electrons. The number of H-pyrrole nitrogens is 1. The summed E-state index contributed by atoms with van der Waals surface area (Å²) in [6.07, 6.45) is 5.66. The van der Waals surface area contributed by atoms with Crippen molar-refractivity contribution in [2.45, 2.75) is 56.7 Å². The van der Waals surface area contributed by atoms with Gasteiger partial charge in [-0.05, 0) is 43.4 Å². The van der Waals surface area contributed by atoms with Crippen LogP contribution in [0.3, 0.4) is 0 Å². The molecule has 1 saturated carbocycles. The summed E-state index contributed by atoms with van der Waals surface area (Å²) in [5.74, 6) is 0.0716. The Labute approximate surface area is 179 Å². The van der Waals surface area contributed by atoms with Crippen molar-refractivity contribution in [3.8, 4) is 0 Å². The van der Waals surface area contributed by atoms with Crippen LogP contribution in [0.15, 0.2) is 18.2 Å². The van der Waals surface area contributed by atoms with E-state index in [1.54, 1.807) is 0 Å². The van der Waals surface area contributed by atoms with E-state index >= 15 is 0 Å². The molecule has 1 aromatic carbocycles. The van der Waals surface area contributed by atoms with E-state index in [1.165, 1.54) is 0 Å². The van der Waals surface area contributed by atoms with Crippen molar-refractivity contribution in [2.75, 3.05) is 18.4 Å². The summed E-state index contributed by atoms with van der Waals surface area (Å²) in [4.78, 5) is 30.4. The van der Waals surface area contributed by atoms with Gasteiger partial charge in [0.25, 0.3) is 5.91 Å². The molecule has 3 aliphatic heterocycles. The van der Waals surface area contributed by atoms with Crippen molar-refractivity contribution in [1.29, 1.82) is 0 Å². The number of hydrogen-bond acceptors (Lipinski definition) is 4. The minimum Gasteiger partial charge on any atom is -0.373 e. The second-order valence-electron chi connectivity index (χ2n) is 8.99. The average Bonchev–Trinajstić information content (AvgIpc) is 3.11. The van der Waals surface area contributed by atoms with Crippen LogP contribution in [0.5, 0.6) is 0 Å². The van der Waals surface area contributed by atoms with Crippen molar-refractivity contribution in [2.24, 2.45) is 0 Å². The quantitative estimate of drug-likeness (QED) is 0.775. The van der Waals surface area contributed by atoms with E-state index in [0.717, 1.165) is 54.7 Å². The Bertz CT molecular complexity index is 1060. The van der Waals surface area contributed by atoms with E-state index < -0.39 is 0 Å². The third kappa shape index (κ3) is 2.68. The molecule has 1 unspecified atom stereocenters. The lowest BCUT2D eigenvalue weighted by molar-refractivity contribution is -0.132. The molecule has 1 aliphatic carbocycles. The number of carbonyl (C=O) groups is 2. The first-order valence-electron chi connectivity index (χ1n) is 10.8. The number of hydrogen-bond donors (Lipinski definition) is 2. The Morgan fingerprint density at radius 3 is 2.83 bits per heavy atom. The summed E-state index contributed by atoms with van der Waals surface area (Å²) in [6, 6.07) is 5.39. The average molecular weight is 426 g/mol. The van der Waals surface area contributed by atoms with Gasteiger partial charge in [-0.15, -0.1) is 0 Å². The largest absolute Gasteiger partial charge is 0.373 e. The first-order valence-corrected chi connectivity index (χ1v) is 11.1. The molecule has 0 radical (unpaired) electrons.